The Morgan fingerprint density at radius 3 is 2.50 bits per heavy atom. The van der Waals surface area contributed by atoms with E-state index in [0.717, 1.165) is 6.42 Å². The van der Waals surface area contributed by atoms with E-state index in [4.69, 9.17) is 29.8 Å². The number of hydrogen-bond donors (Lipinski definition) is 0. The number of epoxide rings is 1. The second-order valence-electron chi connectivity index (χ2n) is 11.4. The van der Waals surface area contributed by atoms with Gasteiger partial charge in [-0.25, -0.2) is 0 Å². The largest absolute Gasteiger partial charge is 0.416 e. The van der Waals surface area contributed by atoms with Gasteiger partial charge in [0.1, 0.15) is 24.6 Å². The highest BCUT2D eigenvalue weighted by molar-refractivity contribution is 6.74. The molecule has 2 bridgehead atoms. The fourth-order valence-corrected chi connectivity index (χ4v) is 6.86. The van der Waals surface area contributed by atoms with E-state index in [-0.39, 0.29) is 35.6 Å². The normalized spacial score (nSPS) is 47.0. The fourth-order valence-electron chi connectivity index (χ4n) is 5.84. The molecule has 0 radical (unpaired) electrons. The van der Waals surface area contributed by atoms with Gasteiger partial charge in [0.05, 0.1) is 6.10 Å². The van der Waals surface area contributed by atoms with Crippen LogP contribution in [0.15, 0.2) is 0 Å². The van der Waals surface area contributed by atoms with Crippen LogP contribution in [0.2, 0.25) is 18.1 Å². The van der Waals surface area contributed by atoms with Crippen LogP contribution in [0.3, 0.4) is 0 Å². The first-order chi connectivity index (χ1) is 13.8. The summed E-state index contributed by atoms with van der Waals surface area (Å²) >= 11 is 0. The molecule has 0 aromatic heterocycles. The van der Waals surface area contributed by atoms with Crippen molar-refractivity contribution in [1.82, 2.24) is 0 Å². The minimum Gasteiger partial charge on any atom is -0.416 e. The van der Waals surface area contributed by atoms with E-state index >= 15 is 0 Å². The molecular formula is C23H36O6Si. The summed E-state index contributed by atoms with van der Waals surface area (Å²) in [7, 11) is -0.445. The van der Waals surface area contributed by atoms with Crippen LogP contribution in [0.1, 0.15) is 41.0 Å². The van der Waals surface area contributed by atoms with Crippen molar-refractivity contribution < 1.29 is 28.2 Å². The summed E-state index contributed by atoms with van der Waals surface area (Å²) < 4.78 is 30.3. The van der Waals surface area contributed by atoms with Crippen molar-refractivity contribution in [2.75, 3.05) is 20.5 Å². The second-order valence-corrected chi connectivity index (χ2v) is 16.2. The Kier molecular flexibility index (Phi) is 4.96. The molecule has 2 aliphatic carbocycles. The highest BCUT2D eigenvalue weighted by Crippen LogP contribution is 2.71. The monoisotopic (exact) mass is 436 g/mol. The van der Waals surface area contributed by atoms with E-state index in [1.807, 2.05) is 6.92 Å². The predicted octanol–water partition coefficient (Wildman–Crippen LogP) is 3.15. The van der Waals surface area contributed by atoms with E-state index in [2.05, 4.69) is 46.7 Å². The third kappa shape index (κ3) is 2.71. The fraction of sp³-hybridized carbons (Fsp3) is 0.870. The minimum absolute atomic E-state index is 0.0158. The molecule has 2 aliphatic heterocycles. The van der Waals surface area contributed by atoms with Crippen LogP contribution in [0, 0.1) is 29.6 Å². The third-order valence-corrected chi connectivity index (χ3v) is 13.3. The highest BCUT2D eigenvalue weighted by Gasteiger charge is 2.84. The van der Waals surface area contributed by atoms with Crippen molar-refractivity contribution >= 4 is 14.1 Å². The van der Waals surface area contributed by atoms with Crippen LogP contribution in [0.25, 0.3) is 0 Å². The Balaban J connectivity index is 1.72. The molecule has 2 heterocycles. The first-order valence-electron chi connectivity index (χ1n) is 10.9. The van der Waals surface area contributed by atoms with E-state index in [9.17, 15) is 4.79 Å². The summed E-state index contributed by atoms with van der Waals surface area (Å²) in [6, 6.07) is 0. The van der Waals surface area contributed by atoms with E-state index in [1.54, 1.807) is 7.11 Å². The lowest BCUT2D eigenvalue weighted by molar-refractivity contribution is -0.168. The van der Waals surface area contributed by atoms with Crippen LogP contribution >= 0.6 is 0 Å². The molecular weight excluding hydrogens is 400 g/mol. The van der Waals surface area contributed by atoms with Gasteiger partial charge in [0.25, 0.3) is 0 Å². The molecule has 2 saturated carbocycles. The Hall–Kier alpha value is -0.753. The number of carbonyl (C=O) groups is 1. The quantitative estimate of drug-likeness (QED) is 0.276. The summed E-state index contributed by atoms with van der Waals surface area (Å²) in [6.07, 6.45) is 5.67. The van der Waals surface area contributed by atoms with Crippen molar-refractivity contribution in [3.05, 3.63) is 0 Å². The number of carbonyl (C=O) groups excluding carboxylic acids is 1. The number of Topliss-reactive ketones (excluding diaryl/α,β-unsaturated/α-hetero) is 1. The Bertz CT molecular complexity index is 784. The average Bonchev–Trinajstić information content (AvgIpc) is 3.18. The number of ketones is 1. The van der Waals surface area contributed by atoms with E-state index < -0.39 is 37.1 Å². The van der Waals surface area contributed by atoms with Gasteiger partial charge in [-0.15, -0.1) is 6.42 Å². The molecule has 4 rings (SSSR count). The van der Waals surface area contributed by atoms with Gasteiger partial charge in [-0.1, -0.05) is 33.6 Å². The van der Waals surface area contributed by atoms with Crippen molar-refractivity contribution in [3.63, 3.8) is 0 Å². The van der Waals surface area contributed by atoms with Gasteiger partial charge < -0.3 is 23.4 Å². The van der Waals surface area contributed by atoms with Crippen LogP contribution in [0.4, 0.5) is 0 Å². The van der Waals surface area contributed by atoms with Crippen molar-refractivity contribution in [2.45, 2.75) is 88.7 Å². The molecule has 8 atom stereocenters. The van der Waals surface area contributed by atoms with Crippen molar-refractivity contribution in [3.8, 4) is 12.3 Å². The summed E-state index contributed by atoms with van der Waals surface area (Å²) in [6.45, 7) is 15.7. The lowest BCUT2D eigenvalue weighted by Gasteiger charge is -2.53. The van der Waals surface area contributed by atoms with Gasteiger partial charge in [0.2, 0.25) is 0 Å². The third-order valence-electron chi connectivity index (χ3n) is 8.82. The maximum Gasteiger partial charge on any atom is 0.192 e. The van der Waals surface area contributed by atoms with Gasteiger partial charge in [-0.3, -0.25) is 4.79 Å². The molecule has 0 N–H and O–H groups in total. The number of ether oxygens (including phenoxy) is 4. The van der Waals surface area contributed by atoms with Gasteiger partial charge >= 0.3 is 0 Å². The molecule has 168 valence electrons. The smallest absolute Gasteiger partial charge is 0.192 e. The molecule has 0 aromatic rings. The van der Waals surface area contributed by atoms with Gasteiger partial charge in [-0.2, -0.15) is 0 Å². The molecule has 30 heavy (non-hydrogen) atoms. The van der Waals surface area contributed by atoms with Crippen LogP contribution in [0.5, 0.6) is 0 Å². The Morgan fingerprint density at radius 2 is 1.93 bits per heavy atom. The number of fused-ring (bicyclic) bond motifs is 3. The van der Waals surface area contributed by atoms with Crippen molar-refractivity contribution in [1.29, 1.82) is 0 Å². The number of hydrogen-bond acceptors (Lipinski definition) is 6. The molecule has 0 aromatic carbocycles. The summed E-state index contributed by atoms with van der Waals surface area (Å²) in [5, 5.41) is 0.0680. The molecule has 7 heteroatoms. The summed E-state index contributed by atoms with van der Waals surface area (Å²) in [5.74, 6) is 2.51. The summed E-state index contributed by atoms with van der Waals surface area (Å²) in [4.78, 5) is 13.7. The van der Waals surface area contributed by atoms with E-state index in [0.29, 0.717) is 6.61 Å². The summed E-state index contributed by atoms with van der Waals surface area (Å²) in [5.41, 5.74) is -1.99. The molecule has 0 unspecified atom stereocenters. The minimum atomic E-state index is -2.02. The predicted molar refractivity (Wildman–Crippen MR) is 114 cm³/mol. The number of rotatable bonds is 6. The van der Waals surface area contributed by atoms with Crippen LogP contribution in [-0.2, 0) is 28.2 Å². The second kappa shape index (κ2) is 6.63. The first-order valence-corrected chi connectivity index (χ1v) is 13.8. The lowest BCUT2D eigenvalue weighted by atomic mass is 9.49. The Morgan fingerprint density at radius 1 is 1.27 bits per heavy atom. The maximum absolute atomic E-state index is 13.7. The molecule has 4 fully saturated rings. The highest BCUT2D eigenvalue weighted by atomic mass is 28.4. The lowest BCUT2D eigenvalue weighted by Crippen LogP contribution is -2.65. The SMILES string of the molecule is C#C[C@@]12O[C@H]3C(=O)[C@H](CO[Si](C)(C)C(C)(C)C)[C@](C)(C[C@@H]4O[C@@]41C)[C@@H]2[C@H]3OCOC. The van der Waals surface area contributed by atoms with Crippen LogP contribution < -0.4 is 0 Å². The average molecular weight is 437 g/mol. The number of methoxy groups -OCH3 is 1. The molecule has 6 nitrogen and oxygen atoms in total. The Labute approximate surface area is 181 Å². The molecule has 2 saturated heterocycles. The van der Waals surface area contributed by atoms with Crippen LogP contribution in [-0.4, -0.2) is 64.1 Å². The molecule has 0 amide bonds. The van der Waals surface area contributed by atoms with Gasteiger partial charge in [-0.05, 0) is 36.9 Å². The topological polar surface area (TPSA) is 66.5 Å². The zero-order valence-electron chi connectivity index (χ0n) is 19.5. The number of terminal acetylenes is 1. The van der Waals surface area contributed by atoms with E-state index in [1.165, 1.54) is 0 Å². The first kappa shape index (κ1) is 22.4. The molecule has 4 aliphatic rings. The zero-order chi connectivity index (χ0) is 22.3. The van der Waals surface area contributed by atoms with Gasteiger partial charge in [0.15, 0.2) is 19.7 Å². The zero-order valence-corrected chi connectivity index (χ0v) is 20.5. The van der Waals surface area contributed by atoms with Crippen molar-refractivity contribution in [2.24, 2.45) is 17.3 Å². The molecule has 0 spiro atoms. The van der Waals surface area contributed by atoms with Gasteiger partial charge in [0, 0.05) is 25.6 Å². The standard InChI is InChI=1S/C23H36O6Si/c1-10-23-19-18(26-13-25-7)17(29-23)16(24)14(12-27-30(8,9)20(2,3)4)21(19,5)11-15-22(23,6)28-15/h1,14-15,17-19H,11-13H2,2-9H3/t14-,15-,17-,18-,19-,21-,22-,23-/m0/s1. The maximum atomic E-state index is 13.7.